The molecule has 2 heteroatoms. The van der Waals surface area contributed by atoms with Crippen molar-refractivity contribution >= 4 is 0 Å². The third-order valence-electron chi connectivity index (χ3n) is 5.29. The minimum Gasteiger partial charge on any atom is -0.395 e. The molecule has 1 N–H and O–H groups in total. The van der Waals surface area contributed by atoms with Crippen LogP contribution in [0.15, 0.2) is 0 Å². The number of rotatable bonds is 4. The van der Waals surface area contributed by atoms with Gasteiger partial charge in [0.1, 0.15) is 0 Å². The van der Waals surface area contributed by atoms with E-state index >= 15 is 0 Å². The van der Waals surface area contributed by atoms with E-state index in [1.54, 1.807) is 0 Å². The highest BCUT2D eigenvalue weighted by Gasteiger charge is 2.28. The van der Waals surface area contributed by atoms with Crippen molar-refractivity contribution in [1.29, 1.82) is 0 Å². The zero-order valence-electron chi connectivity index (χ0n) is 12.3. The van der Waals surface area contributed by atoms with Crippen molar-refractivity contribution in [3.8, 4) is 0 Å². The highest BCUT2D eigenvalue weighted by Crippen LogP contribution is 2.34. The molecule has 0 aromatic heterocycles. The Morgan fingerprint density at radius 1 is 1.06 bits per heavy atom. The van der Waals surface area contributed by atoms with Gasteiger partial charge in [0.05, 0.1) is 6.61 Å². The third kappa shape index (κ3) is 3.71. The zero-order chi connectivity index (χ0) is 13.0. The molecule has 2 fully saturated rings. The third-order valence-corrected chi connectivity index (χ3v) is 5.29. The lowest BCUT2D eigenvalue weighted by atomic mass is 9.76. The van der Waals surface area contributed by atoms with Gasteiger partial charge in [-0.25, -0.2) is 0 Å². The molecule has 1 heterocycles. The van der Waals surface area contributed by atoms with Crippen LogP contribution in [0.25, 0.3) is 0 Å². The fraction of sp³-hybridized carbons (Fsp3) is 1.00. The van der Waals surface area contributed by atoms with Crippen LogP contribution in [-0.2, 0) is 0 Å². The first kappa shape index (κ1) is 14.3. The first-order chi connectivity index (χ1) is 8.70. The molecule has 2 nitrogen and oxygen atoms in total. The van der Waals surface area contributed by atoms with Gasteiger partial charge < -0.3 is 5.11 Å². The van der Waals surface area contributed by atoms with Crippen LogP contribution in [0.1, 0.15) is 58.8 Å². The van der Waals surface area contributed by atoms with Crippen LogP contribution < -0.4 is 0 Å². The van der Waals surface area contributed by atoms with Crippen LogP contribution >= 0.6 is 0 Å². The summed E-state index contributed by atoms with van der Waals surface area (Å²) in [7, 11) is 0. The van der Waals surface area contributed by atoms with Crippen LogP contribution in [-0.4, -0.2) is 35.7 Å². The Kier molecular flexibility index (Phi) is 5.50. The van der Waals surface area contributed by atoms with Crippen molar-refractivity contribution in [3.05, 3.63) is 0 Å². The van der Waals surface area contributed by atoms with E-state index in [0.717, 1.165) is 17.8 Å². The molecule has 0 spiro atoms. The second-order valence-corrected chi connectivity index (χ2v) is 6.85. The summed E-state index contributed by atoms with van der Waals surface area (Å²) in [5, 5.41) is 9.46. The number of aliphatic hydroxyl groups excluding tert-OH is 1. The van der Waals surface area contributed by atoms with E-state index in [4.69, 9.17) is 0 Å². The summed E-state index contributed by atoms with van der Waals surface area (Å²) in [6, 6.07) is 0.460. The van der Waals surface area contributed by atoms with E-state index in [1.165, 1.54) is 58.0 Å². The van der Waals surface area contributed by atoms with E-state index in [0.29, 0.717) is 12.6 Å². The number of hydrogen-bond donors (Lipinski definition) is 1. The molecule has 1 saturated heterocycles. The molecule has 1 aliphatic heterocycles. The molecular weight excluding hydrogens is 222 g/mol. The van der Waals surface area contributed by atoms with Crippen molar-refractivity contribution in [2.45, 2.75) is 64.8 Å². The van der Waals surface area contributed by atoms with Gasteiger partial charge in [-0.3, -0.25) is 4.90 Å². The van der Waals surface area contributed by atoms with E-state index in [1.807, 2.05) is 0 Å². The molecule has 0 radical (unpaired) electrons. The summed E-state index contributed by atoms with van der Waals surface area (Å²) < 4.78 is 0. The topological polar surface area (TPSA) is 23.5 Å². The molecule has 106 valence electrons. The van der Waals surface area contributed by atoms with Crippen LogP contribution in [0.5, 0.6) is 0 Å². The van der Waals surface area contributed by atoms with Gasteiger partial charge in [0.15, 0.2) is 0 Å². The van der Waals surface area contributed by atoms with Crippen LogP contribution in [0.4, 0.5) is 0 Å². The maximum absolute atomic E-state index is 9.46. The molecule has 18 heavy (non-hydrogen) atoms. The number of aliphatic hydroxyl groups is 1. The first-order valence-corrected chi connectivity index (χ1v) is 8.05. The summed E-state index contributed by atoms with van der Waals surface area (Å²) in [5.74, 6) is 2.73. The molecule has 1 saturated carbocycles. The lowest BCUT2D eigenvalue weighted by Gasteiger charge is -2.39. The minimum atomic E-state index is 0.362. The summed E-state index contributed by atoms with van der Waals surface area (Å²) in [6.07, 6.45) is 9.53. The molecule has 0 aromatic rings. The van der Waals surface area contributed by atoms with E-state index < -0.39 is 0 Å². The summed E-state index contributed by atoms with van der Waals surface area (Å²) in [4.78, 5) is 2.57. The maximum atomic E-state index is 9.46. The van der Waals surface area contributed by atoms with Crippen molar-refractivity contribution in [2.24, 2.45) is 17.8 Å². The average molecular weight is 253 g/mol. The Labute approximate surface area is 113 Å². The fourth-order valence-corrected chi connectivity index (χ4v) is 3.88. The molecule has 0 amide bonds. The van der Waals surface area contributed by atoms with E-state index in [-0.39, 0.29) is 0 Å². The Morgan fingerprint density at radius 3 is 2.39 bits per heavy atom. The van der Waals surface area contributed by atoms with Gasteiger partial charge in [-0.2, -0.15) is 0 Å². The SMILES string of the molecule is CC(C)C1CCC(CN2CCCC[C@H]2CO)CC1. The number of piperidine rings is 1. The maximum Gasteiger partial charge on any atom is 0.0586 e. The lowest BCUT2D eigenvalue weighted by Crippen LogP contribution is -2.44. The second kappa shape index (κ2) is 6.91. The van der Waals surface area contributed by atoms with E-state index in [2.05, 4.69) is 18.7 Å². The molecule has 1 aliphatic carbocycles. The molecule has 2 aliphatic rings. The zero-order valence-corrected chi connectivity index (χ0v) is 12.3. The average Bonchev–Trinajstić information content (AvgIpc) is 2.40. The van der Waals surface area contributed by atoms with Gasteiger partial charge >= 0.3 is 0 Å². The standard InChI is InChI=1S/C16H31NO/c1-13(2)15-8-6-14(7-9-15)11-17-10-4-3-5-16(17)12-18/h13-16,18H,3-12H2,1-2H3/t14?,15?,16-/m0/s1. The van der Waals surface area contributed by atoms with Gasteiger partial charge in [-0.15, -0.1) is 0 Å². The normalized spacial score (nSPS) is 35.0. The molecule has 0 bridgehead atoms. The number of nitrogens with zero attached hydrogens (tertiary/aromatic N) is 1. The summed E-state index contributed by atoms with van der Waals surface area (Å²) >= 11 is 0. The Hall–Kier alpha value is -0.0800. The predicted octanol–water partition coefficient (Wildman–Crippen LogP) is 3.30. The number of likely N-dealkylation sites (tertiary alicyclic amines) is 1. The van der Waals surface area contributed by atoms with Crippen LogP contribution in [0.3, 0.4) is 0 Å². The molecule has 1 atom stereocenters. The van der Waals surface area contributed by atoms with Crippen molar-refractivity contribution in [3.63, 3.8) is 0 Å². The molecular formula is C16H31NO. The van der Waals surface area contributed by atoms with Crippen molar-refractivity contribution in [1.82, 2.24) is 4.90 Å². The quantitative estimate of drug-likeness (QED) is 0.831. The molecule has 0 unspecified atom stereocenters. The smallest absolute Gasteiger partial charge is 0.0586 e. The largest absolute Gasteiger partial charge is 0.395 e. The fourth-order valence-electron chi connectivity index (χ4n) is 3.88. The Balaban J connectivity index is 1.76. The summed E-state index contributed by atoms with van der Waals surface area (Å²) in [6.45, 7) is 7.57. The van der Waals surface area contributed by atoms with Gasteiger partial charge in [0.25, 0.3) is 0 Å². The van der Waals surface area contributed by atoms with Gasteiger partial charge in [-0.1, -0.05) is 20.3 Å². The van der Waals surface area contributed by atoms with Crippen LogP contribution in [0.2, 0.25) is 0 Å². The van der Waals surface area contributed by atoms with E-state index in [9.17, 15) is 5.11 Å². The van der Waals surface area contributed by atoms with Gasteiger partial charge in [-0.05, 0) is 62.8 Å². The molecule has 0 aromatic carbocycles. The first-order valence-electron chi connectivity index (χ1n) is 8.05. The highest BCUT2D eigenvalue weighted by atomic mass is 16.3. The highest BCUT2D eigenvalue weighted by molar-refractivity contribution is 4.81. The Bertz CT molecular complexity index is 233. The van der Waals surface area contributed by atoms with Gasteiger partial charge in [0.2, 0.25) is 0 Å². The van der Waals surface area contributed by atoms with Crippen molar-refractivity contribution < 1.29 is 5.11 Å². The van der Waals surface area contributed by atoms with Crippen LogP contribution in [0, 0.1) is 17.8 Å². The van der Waals surface area contributed by atoms with Crippen molar-refractivity contribution in [2.75, 3.05) is 19.7 Å². The number of hydrogen-bond acceptors (Lipinski definition) is 2. The summed E-state index contributed by atoms with van der Waals surface area (Å²) in [5.41, 5.74) is 0. The van der Waals surface area contributed by atoms with Gasteiger partial charge in [0, 0.05) is 12.6 Å². The Morgan fingerprint density at radius 2 is 1.78 bits per heavy atom. The lowest BCUT2D eigenvalue weighted by molar-refractivity contribution is 0.0639. The second-order valence-electron chi connectivity index (χ2n) is 6.85. The predicted molar refractivity (Wildman–Crippen MR) is 76.6 cm³/mol. The molecule has 2 rings (SSSR count). The monoisotopic (exact) mass is 253 g/mol. The minimum absolute atomic E-state index is 0.362.